The van der Waals surface area contributed by atoms with Crippen LogP contribution in [0.5, 0.6) is 0 Å². The number of aromatic nitrogens is 3. The number of hydrogen-bond acceptors (Lipinski definition) is 5. The third-order valence-corrected chi connectivity index (χ3v) is 9.01. The van der Waals surface area contributed by atoms with Crippen LogP contribution in [-0.2, 0) is 14.8 Å². The fourth-order valence-corrected chi connectivity index (χ4v) is 6.32. The quantitative estimate of drug-likeness (QED) is 0.663. The second kappa shape index (κ2) is 9.87. The number of amides is 1. The molecule has 2 aliphatic rings. The third-order valence-electron chi connectivity index (χ3n) is 7.11. The van der Waals surface area contributed by atoms with Gasteiger partial charge in [0.2, 0.25) is 15.9 Å². The van der Waals surface area contributed by atoms with Crippen molar-refractivity contribution in [3.8, 4) is 0 Å². The number of fused-ring (bicyclic) bond motifs is 1. The first kappa shape index (κ1) is 23.2. The maximum Gasteiger partial charge on any atom is 0.243 e. The molecular formula is C23H35N5O3S. The SMILES string of the molecule is CC[C@@H](C)n1nnc2cc(S(=O)(=O)N3CCC(C(=O)NC4CCCCCC4)CC3)ccc21. The largest absolute Gasteiger partial charge is 0.353 e. The van der Waals surface area contributed by atoms with Gasteiger partial charge in [0.1, 0.15) is 5.52 Å². The smallest absolute Gasteiger partial charge is 0.243 e. The first-order valence-electron chi connectivity index (χ1n) is 12.1. The molecule has 9 heteroatoms. The van der Waals surface area contributed by atoms with Gasteiger partial charge in [-0.2, -0.15) is 4.31 Å². The first-order chi connectivity index (χ1) is 15.4. The van der Waals surface area contributed by atoms with Crippen LogP contribution in [0.15, 0.2) is 23.1 Å². The zero-order chi connectivity index (χ0) is 22.7. The van der Waals surface area contributed by atoms with Gasteiger partial charge in [-0.3, -0.25) is 4.79 Å². The molecule has 1 N–H and O–H groups in total. The molecule has 8 nitrogen and oxygen atoms in total. The van der Waals surface area contributed by atoms with Crippen LogP contribution in [0.4, 0.5) is 0 Å². The number of hydrogen-bond donors (Lipinski definition) is 1. The van der Waals surface area contributed by atoms with E-state index < -0.39 is 10.0 Å². The molecule has 4 rings (SSSR count). The van der Waals surface area contributed by atoms with E-state index in [1.165, 1.54) is 30.0 Å². The summed E-state index contributed by atoms with van der Waals surface area (Å²) in [6.07, 6.45) is 9.02. The average molecular weight is 462 g/mol. The van der Waals surface area contributed by atoms with Gasteiger partial charge in [-0.1, -0.05) is 37.8 Å². The lowest BCUT2D eigenvalue weighted by atomic mass is 9.96. The van der Waals surface area contributed by atoms with Crippen LogP contribution in [-0.4, -0.2) is 52.8 Å². The molecular weight excluding hydrogens is 426 g/mol. The molecule has 2 fully saturated rings. The van der Waals surface area contributed by atoms with Crippen molar-refractivity contribution in [3.63, 3.8) is 0 Å². The van der Waals surface area contributed by atoms with Crippen molar-refractivity contribution < 1.29 is 13.2 Å². The highest BCUT2D eigenvalue weighted by Crippen LogP contribution is 2.27. The Morgan fingerprint density at radius 2 is 1.81 bits per heavy atom. The van der Waals surface area contributed by atoms with E-state index in [0.29, 0.717) is 31.4 Å². The summed E-state index contributed by atoms with van der Waals surface area (Å²) in [6.45, 7) is 4.87. The molecule has 1 aromatic carbocycles. The molecule has 0 unspecified atom stereocenters. The van der Waals surface area contributed by atoms with Gasteiger partial charge >= 0.3 is 0 Å². The standard InChI is InChI=1S/C23H35N5O3S/c1-3-17(2)28-22-11-10-20(16-21(22)25-26-28)32(30,31)27-14-12-18(13-15-27)23(29)24-19-8-6-4-5-7-9-19/h10-11,16-19H,3-9,12-15H2,1-2H3,(H,24,29)/t17-/m1/s1. The number of nitrogens with one attached hydrogen (secondary N) is 1. The molecule has 0 radical (unpaired) electrons. The predicted octanol–water partition coefficient (Wildman–Crippen LogP) is 3.64. The second-order valence-corrected chi connectivity index (χ2v) is 11.3. The van der Waals surface area contributed by atoms with Gasteiger partial charge < -0.3 is 5.32 Å². The predicted molar refractivity (Wildman–Crippen MR) is 124 cm³/mol. The van der Waals surface area contributed by atoms with Crippen LogP contribution >= 0.6 is 0 Å². The van der Waals surface area contributed by atoms with E-state index in [-0.39, 0.29) is 28.8 Å². The van der Waals surface area contributed by atoms with Crippen LogP contribution in [0.2, 0.25) is 0 Å². The molecule has 1 aliphatic heterocycles. The summed E-state index contributed by atoms with van der Waals surface area (Å²) < 4.78 is 29.8. The van der Waals surface area contributed by atoms with Crippen molar-refractivity contribution >= 4 is 27.0 Å². The van der Waals surface area contributed by atoms with Crippen molar-refractivity contribution in [2.24, 2.45) is 5.92 Å². The fraction of sp³-hybridized carbons (Fsp3) is 0.696. The van der Waals surface area contributed by atoms with Crippen molar-refractivity contribution in [3.05, 3.63) is 18.2 Å². The summed E-state index contributed by atoms with van der Waals surface area (Å²) in [4.78, 5) is 13.0. The van der Waals surface area contributed by atoms with Crippen LogP contribution in [0, 0.1) is 5.92 Å². The maximum absolute atomic E-state index is 13.2. The number of carbonyl (C=O) groups excluding carboxylic acids is 1. The number of sulfonamides is 1. The monoisotopic (exact) mass is 461 g/mol. The van der Waals surface area contributed by atoms with Gasteiger partial charge in [0, 0.05) is 25.0 Å². The van der Waals surface area contributed by atoms with Gasteiger partial charge in [-0.15, -0.1) is 5.10 Å². The Hall–Kier alpha value is -2.00. The van der Waals surface area contributed by atoms with E-state index in [1.807, 2.05) is 4.68 Å². The molecule has 1 saturated heterocycles. The van der Waals surface area contributed by atoms with E-state index in [2.05, 4.69) is 29.5 Å². The fourth-order valence-electron chi connectivity index (χ4n) is 4.83. The normalized spacial score (nSPS) is 20.8. The topological polar surface area (TPSA) is 97.2 Å². The minimum absolute atomic E-state index is 0.0945. The molecule has 0 bridgehead atoms. The Bertz CT molecular complexity index is 1040. The number of benzene rings is 1. The van der Waals surface area contributed by atoms with Gasteiger partial charge in [0.15, 0.2) is 0 Å². The van der Waals surface area contributed by atoms with E-state index in [1.54, 1.807) is 18.2 Å². The molecule has 1 saturated carbocycles. The van der Waals surface area contributed by atoms with Gasteiger partial charge in [0.25, 0.3) is 0 Å². The number of piperidine rings is 1. The third kappa shape index (κ3) is 4.83. The molecule has 1 atom stereocenters. The molecule has 2 aromatic rings. The molecule has 1 aromatic heterocycles. The average Bonchev–Trinajstić information content (AvgIpc) is 3.07. The summed E-state index contributed by atoms with van der Waals surface area (Å²) >= 11 is 0. The Morgan fingerprint density at radius 1 is 1.12 bits per heavy atom. The van der Waals surface area contributed by atoms with E-state index in [0.717, 1.165) is 24.8 Å². The highest BCUT2D eigenvalue weighted by molar-refractivity contribution is 7.89. The molecule has 0 spiro atoms. The van der Waals surface area contributed by atoms with Gasteiger partial charge in [0.05, 0.1) is 16.5 Å². The Kier molecular flexibility index (Phi) is 7.14. The second-order valence-electron chi connectivity index (χ2n) is 9.32. The van der Waals surface area contributed by atoms with Crippen LogP contribution in [0.25, 0.3) is 11.0 Å². The first-order valence-corrected chi connectivity index (χ1v) is 13.5. The van der Waals surface area contributed by atoms with Crippen LogP contribution in [0.3, 0.4) is 0 Å². The lowest BCUT2D eigenvalue weighted by Gasteiger charge is -2.31. The Labute approximate surface area is 190 Å². The van der Waals surface area contributed by atoms with E-state index >= 15 is 0 Å². The lowest BCUT2D eigenvalue weighted by molar-refractivity contribution is -0.126. The van der Waals surface area contributed by atoms with E-state index in [9.17, 15) is 13.2 Å². The molecule has 1 aliphatic carbocycles. The van der Waals surface area contributed by atoms with E-state index in [4.69, 9.17) is 0 Å². The molecule has 32 heavy (non-hydrogen) atoms. The van der Waals surface area contributed by atoms with Gasteiger partial charge in [-0.25, -0.2) is 13.1 Å². The zero-order valence-corrected chi connectivity index (χ0v) is 20.0. The molecule has 2 heterocycles. The van der Waals surface area contributed by atoms with Crippen molar-refractivity contribution in [1.29, 1.82) is 0 Å². The highest BCUT2D eigenvalue weighted by Gasteiger charge is 2.33. The van der Waals surface area contributed by atoms with Crippen LogP contribution in [0.1, 0.15) is 77.7 Å². The Morgan fingerprint density at radius 3 is 2.47 bits per heavy atom. The minimum Gasteiger partial charge on any atom is -0.353 e. The maximum atomic E-state index is 13.2. The van der Waals surface area contributed by atoms with Crippen LogP contribution < -0.4 is 5.32 Å². The summed E-state index contributed by atoms with van der Waals surface area (Å²) in [6, 6.07) is 5.53. The summed E-state index contributed by atoms with van der Waals surface area (Å²) in [5, 5.41) is 11.6. The highest BCUT2D eigenvalue weighted by atomic mass is 32.2. The Balaban J connectivity index is 1.39. The lowest BCUT2D eigenvalue weighted by Crippen LogP contribution is -2.45. The summed E-state index contributed by atoms with van der Waals surface area (Å²) in [5.74, 6) is -0.0142. The number of carbonyl (C=O) groups is 1. The van der Waals surface area contributed by atoms with Crippen molar-refractivity contribution in [1.82, 2.24) is 24.6 Å². The zero-order valence-electron chi connectivity index (χ0n) is 19.2. The molecule has 1 amide bonds. The van der Waals surface area contributed by atoms with Crippen molar-refractivity contribution in [2.75, 3.05) is 13.1 Å². The minimum atomic E-state index is -3.63. The number of rotatable bonds is 6. The number of nitrogens with zero attached hydrogens (tertiary/aromatic N) is 4. The van der Waals surface area contributed by atoms with Crippen molar-refractivity contribution in [2.45, 2.75) is 88.6 Å². The summed E-state index contributed by atoms with van der Waals surface area (Å²) in [7, 11) is -3.63. The molecule has 176 valence electrons. The van der Waals surface area contributed by atoms with Gasteiger partial charge in [-0.05, 0) is 57.2 Å². The summed E-state index contributed by atoms with van der Waals surface area (Å²) in [5.41, 5.74) is 1.43.